The van der Waals surface area contributed by atoms with E-state index in [-0.39, 0.29) is 10.9 Å². The van der Waals surface area contributed by atoms with E-state index in [2.05, 4.69) is 79.7 Å². The van der Waals surface area contributed by atoms with E-state index < -0.39 is 0 Å². The summed E-state index contributed by atoms with van der Waals surface area (Å²) in [5, 5.41) is 0. The zero-order valence-corrected chi connectivity index (χ0v) is 14.0. The summed E-state index contributed by atoms with van der Waals surface area (Å²) >= 11 is 0. The summed E-state index contributed by atoms with van der Waals surface area (Å²) in [7, 11) is 0.0600. The predicted molar refractivity (Wildman–Crippen MR) is 97.1 cm³/mol. The molecule has 0 N–H and O–H groups in total. The summed E-state index contributed by atoms with van der Waals surface area (Å²) in [5.74, 6) is 0. The fourth-order valence-electron chi connectivity index (χ4n) is 2.91. The highest BCUT2D eigenvalue weighted by molar-refractivity contribution is 8.00. The van der Waals surface area contributed by atoms with Gasteiger partial charge in [0.2, 0.25) is 0 Å². The van der Waals surface area contributed by atoms with Gasteiger partial charge in [-0.3, -0.25) is 0 Å². The average Bonchev–Trinajstić information content (AvgIpc) is 2.59. The summed E-state index contributed by atoms with van der Waals surface area (Å²) in [5.41, 5.74) is 1.61. The van der Waals surface area contributed by atoms with Crippen LogP contribution in [0.1, 0.15) is 32.6 Å². The third-order valence-electron chi connectivity index (χ3n) is 3.99. The molecule has 2 aromatic rings. The summed E-state index contributed by atoms with van der Waals surface area (Å²) < 4.78 is 0. The molecule has 0 spiro atoms. The maximum atomic E-state index is 2.39. The molecule has 0 nitrogen and oxygen atoms in total. The first-order valence-electron chi connectivity index (χ1n) is 8.11. The van der Waals surface area contributed by atoms with Crippen LogP contribution >= 0.6 is 0 Å². The van der Waals surface area contributed by atoms with Gasteiger partial charge in [-0.25, -0.2) is 0 Å². The molecule has 0 radical (unpaired) electrons. The van der Waals surface area contributed by atoms with E-state index >= 15 is 0 Å². The van der Waals surface area contributed by atoms with Crippen molar-refractivity contribution in [2.75, 3.05) is 0 Å². The van der Waals surface area contributed by atoms with Crippen molar-refractivity contribution >= 4 is 10.9 Å². The second kappa shape index (κ2) is 7.51. The van der Waals surface area contributed by atoms with Gasteiger partial charge in [0.25, 0.3) is 0 Å². The van der Waals surface area contributed by atoms with Gasteiger partial charge in [-0.05, 0) is 43.2 Å². The van der Waals surface area contributed by atoms with Gasteiger partial charge < -0.3 is 0 Å². The zero-order chi connectivity index (χ0) is 15.2. The molecular weight excluding hydrogens is 284 g/mol. The van der Waals surface area contributed by atoms with E-state index in [4.69, 9.17) is 0 Å². The van der Waals surface area contributed by atoms with Crippen molar-refractivity contribution in [3.05, 3.63) is 83.3 Å². The Morgan fingerprint density at radius 3 is 1.82 bits per heavy atom. The molecule has 22 heavy (non-hydrogen) atoms. The van der Waals surface area contributed by atoms with E-state index in [0.29, 0.717) is 0 Å². The fourth-order valence-corrected chi connectivity index (χ4v) is 5.16. The summed E-state index contributed by atoms with van der Waals surface area (Å²) in [4.78, 5) is 4.41. The molecule has 1 aliphatic rings. The van der Waals surface area contributed by atoms with Crippen LogP contribution in [0.5, 0.6) is 0 Å². The first-order chi connectivity index (χ1) is 10.9. The summed E-state index contributed by atoms with van der Waals surface area (Å²) in [6, 6.07) is 21.9. The minimum Gasteiger partial charge on any atom is -0.0696 e. The van der Waals surface area contributed by atoms with E-state index in [1.807, 2.05) is 0 Å². The first-order valence-corrected chi connectivity index (χ1v) is 9.34. The van der Waals surface area contributed by atoms with Crippen LogP contribution in [0.2, 0.25) is 0 Å². The Morgan fingerprint density at radius 2 is 1.36 bits per heavy atom. The maximum absolute atomic E-state index is 2.39. The Kier molecular flexibility index (Phi) is 5.18. The average molecular weight is 307 g/mol. The molecule has 0 unspecified atom stereocenters. The van der Waals surface area contributed by atoms with Crippen LogP contribution in [0, 0.1) is 0 Å². The lowest BCUT2D eigenvalue weighted by molar-refractivity contribution is 0.816. The normalized spacial score (nSPS) is 14.6. The maximum Gasteiger partial charge on any atom is 0.166 e. The molecule has 1 heteroatoms. The van der Waals surface area contributed by atoms with Gasteiger partial charge in [-0.15, -0.1) is 0 Å². The molecule has 0 atom stereocenters. The molecule has 3 rings (SSSR count). The minimum absolute atomic E-state index is 0.0600. The molecule has 2 aromatic carbocycles. The van der Waals surface area contributed by atoms with Gasteiger partial charge in [0.05, 0.1) is 10.9 Å². The van der Waals surface area contributed by atoms with Crippen LogP contribution in [-0.4, -0.2) is 0 Å². The SMILES string of the molecule is CCCC1=CC=C([S+](c2ccccc2)c2ccccc2)CC1. The third-order valence-corrected chi connectivity index (χ3v) is 6.34. The van der Waals surface area contributed by atoms with Crippen LogP contribution in [0.15, 0.2) is 93.1 Å². The van der Waals surface area contributed by atoms with Gasteiger partial charge in [-0.1, -0.05) is 61.4 Å². The molecule has 0 heterocycles. The van der Waals surface area contributed by atoms with Crippen LogP contribution in [-0.2, 0) is 10.9 Å². The highest BCUT2D eigenvalue weighted by Gasteiger charge is 2.31. The smallest absolute Gasteiger partial charge is 0.0696 e. The quantitative estimate of drug-likeness (QED) is 0.583. The van der Waals surface area contributed by atoms with Crippen molar-refractivity contribution < 1.29 is 0 Å². The molecule has 1 aliphatic carbocycles. The van der Waals surface area contributed by atoms with Gasteiger partial charge in [0, 0.05) is 6.42 Å². The Labute approximate surface area is 136 Å². The largest absolute Gasteiger partial charge is 0.166 e. The van der Waals surface area contributed by atoms with Crippen LogP contribution < -0.4 is 0 Å². The molecule has 112 valence electrons. The Balaban J connectivity index is 1.97. The standard InChI is InChI=1S/C21H23S/c1-2-9-18-14-16-21(17-15-18)22(19-10-5-3-6-11-19)20-12-7-4-8-13-20/h3-8,10-14,16H,2,9,15,17H2,1H3/q+1. The monoisotopic (exact) mass is 307 g/mol. The van der Waals surface area contributed by atoms with Gasteiger partial charge >= 0.3 is 0 Å². The summed E-state index contributed by atoms with van der Waals surface area (Å²) in [6.45, 7) is 2.26. The van der Waals surface area contributed by atoms with Gasteiger partial charge in [-0.2, -0.15) is 0 Å². The lowest BCUT2D eigenvalue weighted by atomic mass is 10.0. The van der Waals surface area contributed by atoms with Crippen molar-refractivity contribution in [2.24, 2.45) is 0 Å². The van der Waals surface area contributed by atoms with Crippen LogP contribution in [0.3, 0.4) is 0 Å². The first kappa shape index (κ1) is 15.2. The Hall–Kier alpha value is -1.73. The van der Waals surface area contributed by atoms with Gasteiger partial charge in [0.1, 0.15) is 4.91 Å². The lowest BCUT2D eigenvalue weighted by Gasteiger charge is -2.15. The number of hydrogen-bond donors (Lipinski definition) is 0. The molecule has 0 amide bonds. The minimum atomic E-state index is 0.0600. The topological polar surface area (TPSA) is 0 Å². The number of benzene rings is 2. The van der Waals surface area contributed by atoms with Crippen LogP contribution in [0.25, 0.3) is 0 Å². The highest BCUT2D eigenvalue weighted by atomic mass is 32.2. The number of allylic oxidation sites excluding steroid dienone is 4. The second-order valence-corrected chi connectivity index (χ2v) is 7.72. The van der Waals surface area contributed by atoms with Crippen molar-refractivity contribution in [3.63, 3.8) is 0 Å². The van der Waals surface area contributed by atoms with E-state index in [1.54, 1.807) is 10.5 Å². The fraction of sp³-hybridized carbons (Fsp3) is 0.238. The van der Waals surface area contributed by atoms with Crippen molar-refractivity contribution in [1.29, 1.82) is 0 Å². The predicted octanol–water partition coefficient (Wildman–Crippen LogP) is 6.13. The number of hydrogen-bond acceptors (Lipinski definition) is 0. The molecule has 0 saturated heterocycles. The molecule has 0 fully saturated rings. The van der Waals surface area contributed by atoms with Crippen LogP contribution in [0.4, 0.5) is 0 Å². The molecule has 0 saturated carbocycles. The lowest BCUT2D eigenvalue weighted by Crippen LogP contribution is -2.09. The van der Waals surface area contributed by atoms with Crippen molar-refractivity contribution in [3.8, 4) is 0 Å². The highest BCUT2D eigenvalue weighted by Crippen LogP contribution is 2.35. The van der Waals surface area contributed by atoms with Gasteiger partial charge in [0.15, 0.2) is 9.79 Å². The second-order valence-electron chi connectivity index (χ2n) is 5.64. The molecule has 0 aromatic heterocycles. The third kappa shape index (κ3) is 3.53. The summed E-state index contributed by atoms with van der Waals surface area (Å²) in [6.07, 6.45) is 9.67. The number of rotatable bonds is 5. The Bertz CT molecular complexity index is 613. The molecule has 0 aliphatic heterocycles. The Morgan fingerprint density at radius 1 is 0.773 bits per heavy atom. The van der Waals surface area contributed by atoms with E-state index in [0.717, 1.165) is 0 Å². The zero-order valence-electron chi connectivity index (χ0n) is 13.2. The molecular formula is C21H23S+. The van der Waals surface area contributed by atoms with Crippen molar-refractivity contribution in [1.82, 2.24) is 0 Å². The molecule has 0 bridgehead atoms. The van der Waals surface area contributed by atoms with Crippen molar-refractivity contribution in [2.45, 2.75) is 42.4 Å². The van der Waals surface area contributed by atoms with E-state index in [9.17, 15) is 0 Å². The van der Waals surface area contributed by atoms with E-state index in [1.165, 1.54) is 35.5 Å².